The van der Waals surface area contributed by atoms with Crippen LogP contribution < -0.4 is 15.5 Å². The molecule has 0 bridgehead atoms. The highest BCUT2D eigenvalue weighted by Gasteiger charge is 2.30. The number of rotatable bonds is 6. The van der Waals surface area contributed by atoms with Crippen molar-refractivity contribution in [2.45, 2.75) is 19.8 Å². The second-order valence-corrected chi connectivity index (χ2v) is 7.90. The van der Waals surface area contributed by atoms with Crippen LogP contribution in [0, 0.1) is 11.7 Å². The summed E-state index contributed by atoms with van der Waals surface area (Å²) in [6, 6.07) is 7.10. The predicted octanol–water partition coefficient (Wildman–Crippen LogP) is 3.90. The van der Waals surface area contributed by atoms with E-state index in [9.17, 15) is 19.2 Å². The number of likely N-dealkylation sites (tertiary alicyclic amines) is 1. The van der Waals surface area contributed by atoms with E-state index in [1.807, 2.05) is 12.4 Å². The number of anilines is 1. The number of nitrogens with zero attached hydrogens (tertiary/aromatic N) is 3. The smallest absolute Gasteiger partial charge is 0.321 e. The summed E-state index contributed by atoms with van der Waals surface area (Å²) < 4.78 is 18.9. The Balaban J connectivity index is 1.56. The fraction of sp³-hybridized carbons (Fsp3) is 0.333. The predicted molar refractivity (Wildman–Crippen MR) is 120 cm³/mol. The summed E-state index contributed by atoms with van der Waals surface area (Å²) in [6.45, 7) is 3.10. The van der Waals surface area contributed by atoms with Gasteiger partial charge in [0, 0.05) is 25.1 Å². The fourth-order valence-corrected chi connectivity index (χ4v) is 3.61. The number of amidine groups is 1. The Hall–Kier alpha value is -3.05. The monoisotopic (exact) mass is 507 g/mol. The zero-order valence-corrected chi connectivity index (χ0v) is 18.9. The second-order valence-electron chi connectivity index (χ2n) is 7.04. The van der Waals surface area contributed by atoms with Crippen molar-refractivity contribution in [3.63, 3.8) is 0 Å². The molecule has 1 aromatic heterocycles. The number of carbonyl (C=O) groups excluding carboxylic acids is 2. The number of hydrogen-bond acceptors (Lipinski definition) is 6. The molecule has 1 fully saturated rings. The van der Waals surface area contributed by atoms with Crippen molar-refractivity contribution in [1.82, 2.24) is 15.4 Å². The number of halogens is 2. The zero-order valence-electron chi connectivity index (χ0n) is 17.3. The van der Waals surface area contributed by atoms with Gasteiger partial charge < -0.3 is 15.0 Å². The Morgan fingerprint density at radius 1 is 1.31 bits per heavy atom. The van der Waals surface area contributed by atoms with E-state index in [1.165, 1.54) is 24.4 Å². The summed E-state index contributed by atoms with van der Waals surface area (Å²) in [7, 11) is 0. The highest BCUT2D eigenvalue weighted by atomic mass is 79.9. The Kier molecular flexibility index (Phi) is 8.12. The van der Waals surface area contributed by atoms with Crippen LogP contribution >= 0.6 is 15.9 Å². The largest absolute Gasteiger partial charge is 0.478 e. The Bertz CT molecular complexity index is 994. The van der Waals surface area contributed by atoms with Crippen LogP contribution in [0.1, 0.15) is 19.8 Å². The van der Waals surface area contributed by atoms with Gasteiger partial charge in [0.25, 0.3) is 0 Å². The number of urea groups is 1. The van der Waals surface area contributed by atoms with E-state index in [0.29, 0.717) is 49.8 Å². The summed E-state index contributed by atoms with van der Waals surface area (Å²) in [5.74, 6) is -0.989. The lowest BCUT2D eigenvalue weighted by molar-refractivity contribution is -0.118. The molecule has 1 aliphatic heterocycles. The number of ether oxygens (including phenoxy) is 1. The molecule has 0 aliphatic carbocycles. The molecule has 0 radical (unpaired) electrons. The molecule has 0 spiro atoms. The number of carbonyl (C=O) groups is 2. The minimum absolute atomic E-state index is 0.200. The molecule has 1 aromatic carbocycles. The maximum absolute atomic E-state index is 13.4. The van der Waals surface area contributed by atoms with Gasteiger partial charge in [-0.3, -0.25) is 10.0 Å². The lowest BCUT2D eigenvalue weighted by atomic mass is 9.92. The molecule has 2 heterocycles. The first-order chi connectivity index (χ1) is 15.4. The molecular formula is C21H23BrFN5O4. The number of hydroxylamine groups is 1. The summed E-state index contributed by atoms with van der Waals surface area (Å²) in [5.41, 5.74) is 2.69. The minimum atomic E-state index is -0.458. The zero-order chi connectivity index (χ0) is 23.1. The summed E-state index contributed by atoms with van der Waals surface area (Å²) in [6.07, 6.45) is 2.35. The van der Waals surface area contributed by atoms with Gasteiger partial charge in [-0.25, -0.2) is 24.6 Å². The van der Waals surface area contributed by atoms with Gasteiger partial charge >= 0.3 is 6.03 Å². The van der Waals surface area contributed by atoms with Gasteiger partial charge in [0.15, 0.2) is 5.84 Å². The van der Waals surface area contributed by atoms with Gasteiger partial charge in [-0.15, -0.1) is 0 Å². The number of ketones is 1. The third kappa shape index (κ3) is 6.01. The normalized spacial score (nSPS) is 14.8. The summed E-state index contributed by atoms with van der Waals surface area (Å²) in [5, 5.41) is 12.2. The van der Waals surface area contributed by atoms with E-state index >= 15 is 0 Å². The van der Waals surface area contributed by atoms with Crippen LogP contribution in [0.4, 0.5) is 20.6 Å². The van der Waals surface area contributed by atoms with Crippen molar-refractivity contribution in [2.75, 3.05) is 25.0 Å². The summed E-state index contributed by atoms with van der Waals surface area (Å²) in [4.78, 5) is 35.1. The first-order valence-electron chi connectivity index (χ1n) is 10.0. The molecular weight excluding hydrogens is 485 g/mol. The minimum Gasteiger partial charge on any atom is -0.478 e. The number of amides is 2. The third-order valence-corrected chi connectivity index (χ3v) is 5.52. The van der Waals surface area contributed by atoms with E-state index in [-0.39, 0.29) is 22.1 Å². The number of piperidine rings is 1. The van der Waals surface area contributed by atoms with E-state index in [2.05, 4.69) is 31.2 Å². The van der Waals surface area contributed by atoms with Crippen molar-refractivity contribution in [3.8, 4) is 5.88 Å². The molecule has 170 valence electrons. The molecule has 0 unspecified atom stereocenters. The Labute approximate surface area is 192 Å². The van der Waals surface area contributed by atoms with Crippen molar-refractivity contribution in [1.29, 1.82) is 0 Å². The SMILES string of the molecule is CCOc1ccc(NC(=O)N2CCC(C(=O)C(=Nc3ccc(F)c(Br)c3)NO)CC2)cn1. The van der Waals surface area contributed by atoms with Gasteiger partial charge in [-0.2, -0.15) is 0 Å². The van der Waals surface area contributed by atoms with E-state index < -0.39 is 11.7 Å². The van der Waals surface area contributed by atoms with Gasteiger partial charge in [0.1, 0.15) is 5.82 Å². The molecule has 3 N–H and O–H groups in total. The van der Waals surface area contributed by atoms with Crippen molar-refractivity contribution >= 4 is 45.0 Å². The molecule has 2 amide bonds. The van der Waals surface area contributed by atoms with E-state index in [0.717, 1.165) is 0 Å². The van der Waals surface area contributed by atoms with Crippen LogP contribution in [0.25, 0.3) is 0 Å². The number of nitrogens with one attached hydrogen (secondary N) is 2. The number of hydrogen-bond donors (Lipinski definition) is 3. The van der Waals surface area contributed by atoms with Crippen LogP contribution in [0.2, 0.25) is 0 Å². The average Bonchev–Trinajstić information content (AvgIpc) is 2.81. The van der Waals surface area contributed by atoms with Gasteiger partial charge in [0.2, 0.25) is 11.7 Å². The molecule has 11 heteroatoms. The maximum atomic E-state index is 13.4. The third-order valence-electron chi connectivity index (χ3n) is 4.92. The second kappa shape index (κ2) is 11.0. The van der Waals surface area contributed by atoms with Crippen LogP contribution in [0.3, 0.4) is 0 Å². The van der Waals surface area contributed by atoms with Gasteiger partial charge in [-0.1, -0.05) is 0 Å². The molecule has 9 nitrogen and oxygen atoms in total. The molecule has 0 saturated carbocycles. The van der Waals surface area contributed by atoms with Gasteiger partial charge in [-0.05, 0) is 60.0 Å². The quantitative estimate of drug-likeness (QED) is 0.310. The molecule has 3 rings (SSSR count). The summed E-state index contributed by atoms with van der Waals surface area (Å²) >= 11 is 3.06. The molecule has 0 atom stereocenters. The fourth-order valence-electron chi connectivity index (χ4n) is 3.25. The lowest BCUT2D eigenvalue weighted by Crippen LogP contribution is -2.44. The van der Waals surface area contributed by atoms with Gasteiger partial charge in [0.05, 0.1) is 28.7 Å². The molecule has 1 aliphatic rings. The van der Waals surface area contributed by atoms with Crippen molar-refractivity contribution < 1.29 is 23.9 Å². The van der Waals surface area contributed by atoms with Crippen LogP contribution in [-0.4, -0.2) is 52.4 Å². The molecule has 32 heavy (non-hydrogen) atoms. The number of pyridine rings is 1. The topological polar surface area (TPSA) is 116 Å². The highest BCUT2D eigenvalue weighted by molar-refractivity contribution is 9.10. The van der Waals surface area contributed by atoms with E-state index in [1.54, 1.807) is 17.0 Å². The van der Waals surface area contributed by atoms with Crippen molar-refractivity contribution in [2.24, 2.45) is 10.9 Å². The average molecular weight is 508 g/mol. The highest BCUT2D eigenvalue weighted by Crippen LogP contribution is 2.24. The Morgan fingerprint density at radius 3 is 2.66 bits per heavy atom. The first-order valence-corrected chi connectivity index (χ1v) is 10.8. The number of aliphatic imine (C=N–C) groups is 1. The van der Waals surface area contributed by atoms with E-state index in [4.69, 9.17) is 4.74 Å². The van der Waals surface area contributed by atoms with Crippen LogP contribution in [-0.2, 0) is 4.79 Å². The Morgan fingerprint density at radius 2 is 2.06 bits per heavy atom. The number of benzene rings is 1. The molecule has 2 aromatic rings. The maximum Gasteiger partial charge on any atom is 0.321 e. The first kappa shape index (κ1) is 23.6. The number of aromatic nitrogens is 1. The number of Topliss-reactive ketones (excluding diaryl/α,β-unsaturated/α-hetero) is 1. The molecule has 1 saturated heterocycles. The van der Waals surface area contributed by atoms with Crippen LogP contribution in [0.5, 0.6) is 5.88 Å². The standard InChI is InChI=1S/C21H23BrFN5O4/c1-2-32-18-6-4-15(12-24-18)26-21(30)28-9-7-13(8-10-28)19(29)20(27-31)25-14-3-5-17(23)16(22)11-14/h3-6,11-13,31H,2,7-10H2,1H3,(H,25,27)(H,26,30). The van der Waals surface area contributed by atoms with Crippen molar-refractivity contribution in [3.05, 3.63) is 46.8 Å². The van der Waals surface area contributed by atoms with Crippen LogP contribution in [0.15, 0.2) is 46.0 Å². The lowest BCUT2D eigenvalue weighted by Gasteiger charge is -2.31.